The van der Waals surface area contributed by atoms with Crippen molar-refractivity contribution in [2.24, 2.45) is 0 Å². The minimum absolute atomic E-state index is 0.190. The van der Waals surface area contributed by atoms with Gasteiger partial charge in [-0.25, -0.2) is 0 Å². The van der Waals surface area contributed by atoms with Gasteiger partial charge in [0.2, 0.25) is 6.10 Å². The molecule has 0 aliphatic carbocycles. The van der Waals surface area contributed by atoms with E-state index in [1.54, 1.807) is 19.6 Å². The molecule has 0 N–H and O–H groups in total. The molecule has 86 valence electrons. The molecule has 0 aliphatic heterocycles. The van der Waals surface area contributed by atoms with Crippen LogP contribution in [0.25, 0.3) is 0 Å². The van der Waals surface area contributed by atoms with E-state index in [9.17, 15) is 13.2 Å². The molecular weight excluding hydrogens is 225 g/mol. The van der Waals surface area contributed by atoms with E-state index < -0.39 is 20.6 Å². The van der Waals surface area contributed by atoms with E-state index in [2.05, 4.69) is 0 Å². The van der Waals surface area contributed by atoms with Crippen LogP contribution in [-0.2, 0) is 4.43 Å². The van der Waals surface area contributed by atoms with Crippen LogP contribution < -0.4 is 0 Å². The second kappa shape index (κ2) is 4.01. The summed E-state index contributed by atoms with van der Waals surface area (Å²) in [5, 5.41) is 0. The first-order chi connectivity index (χ1) is 6.70. The second-order valence-electron chi connectivity index (χ2n) is 4.17. The van der Waals surface area contributed by atoms with Gasteiger partial charge in [-0.05, 0) is 31.8 Å². The average Bonchev–Trinajstić information content (AvgIpc) is 2.47. The normalized spacial score (nSPS) is 15.3. The largest absolute Gasteiger partial charge is 0.466 e. The molecule has 1 unspecified atom stereocenters. The van der Waals surface area contributed by atoms with Crippen molar-refractivity contribution in [1.82, 2.24) is 0 Å². The van der Waals surface area contributed by atoms with Crippen LogP contribution in [-0.4, -0.2) is 14.5 Å². The number of hydrogen-bond donors (Lipinski definition) is 0. The van der Waals surface area contributed by atoms with Crippen LogP contribution in [0.1, 0.15) is 11.9 Å². The van der Waals surface area contributed by atoms with Crippen molar-refractivity contribution in [3.63, 3.8) is 0 Å². The third kappa shape index (κ3) is 3.71. The predicted octanol–water partition coefficient (Wildman–Crippen LogP) is 3.73. The lowest BCUT2D eigenvalue weighted by molar-refractivity contribution is -0.205. The monoisotopic (exact) mass is 238 g/mol. The minimum Gasteiger partial charge on any atom is -0.466 e. The van der Waals surface area contributed by atoms with Crippen molar-refractivity contribution < 1.29 is 22.0 Å². The van der Waals surface area contributed by atoms with Gasteiger partial charge in [-0.3, -0.25) is 0 Å². The molecule has 6 heteroatoms. The Kier molecular flexibility index (Phi) is 3.30. The maximum Gasteiger partial charge on any atom is 0.420 e. The molecule has 0 spiro atoms. The summed E-state index contributed by atoms with van der Waals surface area (Å²) >= 11 is 0. The van der Waals surface area contributed by atoms with Crippen molar-refractivity contribution >= 4 is 8.32 Å². The number of alkyl halides is 3. The molecule has 0 saturated heterocycles. The topological polar surface area (TPSA) is 22.4 Å². The van der Waals surface area contributed by atoms with Crippen LogP contribution in [0.15, 0.2) is 22.8 Å². The summed E-state index contributed by atoms with van der Waals surface area (Å²) in [6.45, 7) is 5.11. The van der Waals surface area contributed by atoms with Crippen molar-refractivity contribution in [3.05, 3.63) is 24.2 Å². The van der Waals surface area contributed by atoms with E-state index in [1.165, 1.54) is 18.4 Å². The fourth-order valence-electron chi connectivity index (χ4n) is 1.08. The minimum atomic E-state index is -4.43. The molecule has 0 bridgehead atoms. The van der Waals surface area contributed by atoms with E-state index in [0.717, 1.165) is 0 Å². The molecule has 0 aliphatic rings. The van der Waals surface area contributed by atoms with Gasteiger partial charge in [-0.2, -0.15) is 13.2 Å². The first-order valence-corrected chi connectivity index (χ1v) is 7.89. The Morgan fingerprint density at radius 3 is 2.27 bits per heavy atom. The Bertz CT molecular complexity index is 300. The smallest absolute Gasteiger partial charge is 0.420 e. The van der Waals surface area contributed by atoms with Crippen molar-refractivity contribution in [1.29, 1.82) is 0 Å². The van der Waals surface area contributed by atoms with Crippen molar-refractivity contribution in [3.8, 4) is 0 Å². The quantitative estimate of drug-likeness (QED) is 0.748. The Morgan fingerprint density at radius 1 is 1.33 bits per heavy atom. The Labute approximate surface area is 87.2 Å². The van der Waals surface area contributed by atoms with Crippen molar-refractivity contribution in [2.75, 3.05) is 0 Å². The highest BCUT2D eigenvalue weighted by Gasteiger charge is 2.45. The van der Waals surface area contributed by atoms with Crippen LogP contribution in [0.2, 0.25) is 19.6 Å². The molecule has 0 aromatic carbocycles. The summed E-state index contributed by atoms with van der Waals surface area (Å²) in [7, 11) is -2.27. The Morgan fingerprint density at radius 2 is 1.93 bits per heavy atom. The van der Waals surface area contributed by atoms with Gasteiger partial charge in [-0.15, -0.1) is 0 Å². The molecule has 1 aromatic rings. The first kappa shape index (κ1) is 12.3. The lowest BCUT2D eigenvalue weighted by atomic mass is 10.3. The van der Waals surface area contributed by atoms with Crippen LogP contribution >= 0.6 is 0 Å². The highest BCUT2D eigenvalue weighted by atomic mass is 28.4. The number of halogens is 3. The van der Waals surface area contributed by atoms with Crippen LogP contribution in [0.4, 0.5) is 13.2 Å². The molecule has 1 atom stereocenters. The van der Waals surface area contributed by atoms with Crippen LogP contribution in [0.3, 0.4) is 0 Å². The summed E-state index contributed by atoms with van der Waals surface area (Å²) in [6, 6.07) is 2.69. The van der Waals surface area contributed by atoms with E-state index in [0.29, 0.717) is 0 Å². The van der Waals surface area contributed by atoms with Gasteiger partial charge in [0, 0.05) is 0 Å². The summed E-state index contributed by atoms with van der Waals surface area (Å²) in [4.78, 5) is 0. The Balaban J connectivity index is 2.90. The van der Waals surface area contributed by atoms with Crippen molar-refractivity contribution in [2.45, 2.75) is 31.9 Å². The van der Waals surface area contributed by atoms with Gasteiger partial charge in [0.25, 0.3) is 0 Å². The molecule has 0 saturated carbocycles. The predicted molar refractivity (Wildman–Crippen MR) is 51.9 cm³/mol. The van der Waals surface area contributed by atoms with Gasteiger partial charge in [0.15, 0.2) is 8.32 Å². The average molecular weight is 238 g/mol. The van der Waals surface area contributed by atoms with Gasteiger partial charge >= 0.3 is 6.18 Å². The van der Waals surface area contributed by atoms with E-state index in [1.807, 2.05) is 0 Å². The van der Waals surface area contributed by atoms with E-state index in [4.69, 9.17) is 8.84 Å². The number of hydrogen-bond acceptors (Lipinski definition) is 2. The second-order valence-corrected chi connectivity index (χ2v) is 8.63. The van der Waals surface area contributed by atoms with Gasteiger partial charge in [0.1, 0.15) is 5.76 Å². The third-order valence-corrected chi connectivity index (χ3v) is 2.51. The molecular formula is C9H13F3O2Si. The highest BCUT2D eigenvalue weighted by Crippen LogP contribution is 2.37. The lowest BCUT2D eigenvalue weighted by Gasteiger charge is -2.26. The summed E-state index contributed by atoms with van der Waals surface area (Å²) in [5.41, 5.74) is 0. The van der Waals surface area contributed by atoms with E-state index in [-0.39, 0.29) is 5.76 Å². The summed E-state index contributed by atoms with van der Waals surface area (Å²) in [5.74, 6) is -0.190. The van der Waals surface area contributed by atoms with Gasteiger partial charge in [-0.1, -0.05) is 0 Å². The SMILES string of the molecule is C[Si](C)(C)OC(c1ccco1)C(F)(F)F. The standard InChI is InChI=1S/C9H13F3O2Si/c1-15(2,3)14-8(9(10,11)12)7-5-4-6-13-7/h4-6,8H,1-3H3. The molecule has 1 aromatic heterocycles. The maximum atomic E-state index is 12.7. The van der Waals surface area contributed by atoms with Gasteiger partial charge < -0.3 is 8.84 Å². The highest BCUT2D eigenvalue weighted by molar-refractivity contribution is 6.69. The Hall–Kier alpha value is -0.753. The lowest BCUT2D eigenvalue weighted by Crippen LogP contribution is -2.34. The van der Waals surface area contributed by atoms with Crippen LogP contribution in [0, 0.1) is 0 Å². The zero-order chi connectivity index (χ0) is 11.7. The molecule has 2 nitrogen and oxygen atoms in total. The summed E-state index contributed by atoms with van der Waals surface area (Å²) < 4.78 is 47.8. The van der Waals surface area contributed by atoms with Crippen LogP contribution in [0.5, 0.6) is 0 Å². The molecule has 0 radical (unpaired) electrons. The molecule has 0 amide bonds. The van der Waals surface area contributed by atoms with Gasteiger partial charge in [0.05, 0.1) is 6.26 Å². The summed E-state index contributed by atoms with van der Waals surface area (Å²) in [6.07, 6.45) is -5.17. The van der Waals surface area contributed by atoms with E-state index >= 15 is 0 Å². The number of furan rings is 1. The molecule has 1 heterocycles. The molecule has 15 heavy (non-hydrogen) atoms. The first-order valence-electron chi connectivity index (χ1n) is 4.48. The third-order valence-electron chi connectivity index (χ3n) is 1.57. The number of rotatable bonds is 3. The fraction of sp³-hybridized carbons (Fsp3) is 0.556. The zero-order valence-electron chi connectivity index (χ0n) is 8.76. The zero-order valence-corrected chi connectivity index (χ0v) is 9.76. The maximum absolute atomic E-state index is 12.7. The fourth-order valence-corrected chi connectivity index (χ4v) is 2.04. The molecule has 1 rings (SSSR count). The molecule has 0 fully saturated rings.